The van der Waals surface area contributed by atoms with E-state index in [0.717, 1.165) is 5.69 Å². The van der Waals surface area contributed by atoms with E-state index in [-0.39, 0.29) is 0 Å². The van der Waals surface area contributed by atoms with Crippen molar-refractivity contribution in [3.63, 3.8) is 0 Å². The summed E-state index contributed by atoms with van der Waals surface area (Å²) in [6.45, 7) is -0.680. The first-order valence-corrected chi connectivity index (χ1v) is 4.83. The van der Waals surface area contributed by atoms with Crippen molar-refractivity contribution in [2.45, 2.75) is 12.1 Å². The molecule has 7 N–H and O–H groups in total. The molecular weight excluding hydrogens is 210 g/mol. The van der Waals surface area contributed by atoms with Gasteiger partial charge >= 0.3 is 0 Å². The lowest BCUT2D eigenvalue weighted by molar-refractivity contribution is 0.0698. The number of hydrogen-bond donors (Lipinski definition) is 5. The van der Waals surface area contributed by atoms with E-state index in [4.69, 9.17) is 26.8 Å². The van der Waals surface area contributed by atoms with Gasteiger partial charge in [-0.1, -0.05) is 6.07 Å². The van der Waals surface area contributed by atoms with E-state index >= 15 is 0 Å². The number of nitrogens with two attached hydrogens (primary N) is 2. The van der Waals surface area contributed by atoms with Crippen LogP contribution in [-0.4, -0.2) is 45.7 Å². The molecule has 0 fully saturated rings. The Morgan fingerprint density at radius 3 is 1.88 bits per heavy atom. The molecule has 1 heterocycles. The van der Waals surface area contributed by atoms with Crippen LogP contribution in [0.15, 0.2) is 24.4 Å². The number of aliphatic hydroxyl groups excluding tert-OH is 3. The van der Waals surface area contributed by atoms with Crippen molar-refractivity contribution in [2.75, 3.05) is 19.8 Å². The van der Waals surface area contributed by atoms with E-state index in [2.05, 4.69) is 4.98 Å². The van der Waals surface area contributed by atoms with Gasteiger partial charge < -0.3 is 26.8 Å². The zero-order chi connectivity index (χ0) is 12.4. The van der Waals surface area contributed by atoms with E-state index < -0.39 is 25.4 Å². The van der Waals surface area contributed by atoms with Crippen molar-refractivity contribution in [1.82, 2.24) is 4.98 Å². The largest absolute Gasteiger partial charge is 0.394 e. The molecule has 1 aromatic heterocycles. The molecule has 0 amide bonds. The molecule has 0 unspecified atom stereocenters. The Kier molecular flexibility index (Phi) is 7.61. The summed E-state index contributed by atoms with van der Waals surface area (Å²) in [5, 5.41) is 25.0. The van der Waals surface area contributed by atoms with Crippen molar-refractivity contribution < 1.29 is 15.3 Å². The minimum atomic E-state index is -1.21. The van der Waals surface area contributed by atoms with Gasteiger partial charge in [0.15, 0.2) is 0 Å². The van der Waals surface area contributed by atoms with Gasteiger partial charge in [-0.2, -0.15) is 0 Å². The molecule has 0 radical (unpaired) electrons. The highest BCUT2D eigenvalue weighted by molar-refractivity contribution is 5.02. The third-order valence-electron chi connectivity index (χ3n) is 1.88. The van der Waals surface area contributed by atoms with Gasteiger partial charge in [-0.15, -0.1) is 0 Å². The lowest BCUT2D eigenvalue weighted by atomic mass is 10.1. The monoisotopic (exact) mass is 229 g/mol. The minimum absolute atomic E-state index is 0.403. The molecule has 92 valence electrons. The maximum absolute atomic E-state index is 8.34. The van der Waals surface area contributed by atoms with Crippen LogP contribution in [-0.2, 0) is 6.54 Å². The molecule has 16 heavy (non-hydrogen) atoms. The van der Waals surface area contributed by atoms with E-state index in [1.807, 2.05) is 18.2 Å². The average molecular weight is 229 g/mol. The van der Waals surface area contributed by atoms with Crippen molar-refractivity contribution in [3.8, 4) is 0 Å². The highest BCUT2D eigenvalue weighted by atomic mass is 16.3. The molecule has 6 nitrogen and oxygen atoms in total. The summed E-state index contributed by atoms with van der Waals surface area (Å²) in [7, 11) is 0. The Morgan fingerprint density at radius 2 is 1.69 bits per heavy atom. The van der Waals surface area contributed by atoms with Crippen molar-refractivity contribution in [2.24, 2.45) is 11.5 Å². The predicted molar refractivity (Wildman–Crippen MR) is 60.3 cm³/mol. The lowest BCUT2D eigenvalue weighted by Crippen LogP contribution is -2.50. The molecule has 0 saturated heterocycles. The van der Waals surface area contributed by atoms with Gasteiger partial charge in [0, 0.05) is 12.7 Å². The normalized spacial score (nSPS) is 10.6. The molecule has 1 rings (SSSR count). The third kappa shape index (κ3) is 5.74. The zero-order valence-electron chi connectivity index (χ0n) is 9.08. The standard InChI is InChI=1S/C6H8N2.C4H11NO3/c7-5-6-3-1-2-4-8-6;5-4(1-6,2-7)3-8/h1-4H,5,7H2;6-8H,1-3,5H2. The van der Waals surface area contributed by atoms with Crippen molar-refractivity contribution in [1.29, 1.82) is 0 Å². The Bertz CT molecular complexity index is 257. The summed E-state index contributed by atoms with van der Waals surface area (Å²) in [5.74, 6) is 0. The van der Waals surface area contributed by atoms with Gasteiger partial charge in [0.25, 0.3) is 0 Å². The molecule has 0 spiro atoms. The van der Waals surface area contributed by atoms with Crippen LogP contribution in [0.25, 0.3) is 0 Å². The van der Waals surface area contributed by atoms with Gasteiger partial charge in [0.2, 0.25) is 0 Å². The van der Waals surface area contributed by atoms with Crippen LogP contribution in [0.4, 0.5) is 0 Å². The van der Waals surface area contributed by atoms with Crippen LogP contribution in [0.5, 0.6) is 0 Å². The first kappa shape index (κ1) is 14.9. The average Bonchev–Trinajstić information content (AvgIpc) is 2.39. The number of hydrogen-bond acceptors (Lipinski definition) is 6. The predicted octanol–water partition coefficient (Wildman–Crippen LogP) is -1.80. The summed E-state index contributed by atoms with van der Waals surface area (Å²) in [5.41, 5.74) is 10.2. The highest BCUT2D eigenvalue weighted by Crippen LogP contribution is 1.93. The Labute approximate surface area is 94.5 Å². The number of aliphatic hydroxyl groups is 3. The summed E-state index contributed by atoms with van der Waals surface area (Å²) < 4.78 is 0. The molecule has 0 aliphatic rings. The van der Waals surface area contributed by atoms with E-state index in [9.17, 15) is 0 Å². The fourth-order valence-corrected chi connectivity index (χ4v) is 0.669. The summed E-state index contributed by atoms with van der Waals surface area (Å²) >= 11 is 0. The molecule has 6 heteroatoms. The van der Waals surface area contributed by atoms with Crippen molar-refractivity contribution in [3.05, 3.63) is 30.1 Å². The fraction of sp³-hybridized carbons (Fsp3) is 0.500. The molecule has 0 bridgehead atoms. The van der Waals surface area contributed by atoms with Crippen molar-refractivity contribution >= 4 is 0 Å². The maximum atomic E-state index is 8.34. The first-order valence-electron chi connectivity index (χ1n) is 4.83. The Hall–Kier alpha value is -1.05. The summed E-state index contributed by atoms with van der Waals surface area (Å²) in [6, 6.07) is 5.70. The molecule has 1 aromatic rings. The van der Waals surface area contributed by atoms with Crippen LogP contribution in [0, 0.1) is 0 Å². The topological polar surface area (TPSA) is 126 Å². The minimum Gasteiger partial charge on any atom is -0.394 e. The SMILES string of the molecule is NC(CO)(CO)CO.NCc1ccccn1. The Balaban J connectivity index is 0.000000281. The molecule has 0 atom stereocenters. The maximum Gasteiger partial charge on any atom is 0.0856 e. The van der Waals surface area contributed by atoms with Gasteiger partial charge in [0.1, 0.15) is 0 Å². The van der Waals surface area contributed by atoms with Crippen LogP contribution >= 0.6 is 0 Å². The number of pyridine rings is 1. The van der Waals surface area contributed by atoms with Crippen LogP contribution in [0.1, 0.15) is 5.69 Å². The molecule has 0 aliphatic carbocycles. The van der Waals surface area contributed by atoms with Gasteiger partial charge in [-0.3, -0.25) is 4.98 Å². The number of aromatic nitrogens is 1. The molecule has 0 saturated carbocycles. The second-order valence-electron chi connectivity index (χ2n) is 3.36. The zero-order valence-corrected chi connectivity index (χ0v) is 9.08. The van der Waals surface area contributed by atoms with Crippen LogP contribution < -0.4 is 11.5 Å². The first-order chi connectivity index (χ1) is 7.61. The quantitative estimate of drug-likeness (QED) is 0.415. The van der Waals surface area contributed by atoms with E-state index in [0.29, 0.717) is 6.54 Å². The second kappa shape index (κ2) is 8.14. The third-order valence-corrected chi connectivity index (χ3v) is 1.88. The van der Waals surface area contributed by atoms with Gasteiger partial charge in [-0.05, 0) is 12.1 Å². The summed E-state index contributed by atoms with van der Waals surface area (Å²) in [6.07, 6.45) is 1.74. The highest BCUT2D eigenvalue weighted by Gasteiger charge is 2.20. The van der Waals surface area contributed by atoms with E-state index in [1.165, 1.54) is 0 Å². The molecule has 0 aromatic carbocycles. The summed E-state index contributed by atoms with van der Waals surface area (Å²) in [4.78, 5) is 3.97. The van der Waals surface area contributed by atoms with Crippen LogP contribution in [0.3, 0.4) is 0 Å². The number of rotatable bonds is 4. The second-order valence-corrected chi connectivity index (χ2v) is 3.36. The Morgan fingerprint density at radius 1 is 1.12 bits per heavy atom. The number of nitrogens with zero attached hydrogens (tertiary/aromatic N) is 1. The van der Waals surface area contributed by atoms with Gasteiger partial charge in [-0.25, -0.2) is 0 Å². The van der Waals surface area contributed by atoms with Crippen LogP contribution in [0.2, 0.25) is 0 Å². The molecule has 0 aliphatic heterocycles. The fourth-order valence-electron chi connectivity index (χ4n) is 0.669. The van der Waals surface area contributed by atoms with Gasteiger partial charge in [0.05, 0.1) is 31.1 Å². The smallest absolute Gasteiger partial charge is 0.0856 e. The lowest BCUT2D eigenvalue weighted by Gasteiger charge is -2.20. The van der Waals surface area contributed by atoms with E-state index in [1.54, 1.807) is 6.20 Å². The molecular formula is C10H19N3O3.